The minimum atomic E-state index is -0.627. The Morgan fingerprint density at radius 3 is 2.76 bits per heavy atom. The maximum atomic E-state index is 12.3. The summed E-state index contributed by atoms with van der Waals surface area (Å²) in [5.74, 6) is 0.0680. The van der Waals surface area contributed by atoms with Crippen molar-refractivity contribution in [3.8, 4) is 0 Å². The molecule has 2 atom stereocenters. The molecule has 0 aromatic carbocycles. The smallest absolute Gasteiger partial charge is 0.252 e. The third-order valence-corrected chi connectivity index (χ3v) is 4.18. The number of hydrogen-bond acceptors (Lipinski definition) is 4. The molecule has 1 fully saturated rings. The number of carbonyl (C=O) groups is 2. The number of halogens is 2. The first-order valence-electron chi connectivity index (χ1n) is 6.38. The molecule has 2 unspecified atom stereocenters. The number of carbonyl (C=O) groups excluding carboxylic acids is 2. The fraction of sp³-hybridized carbons (Fsp3) is 0.385. The summed E-state index contributed by atoms with van der Waals surface area (Å²) in [7, 11) is 1.48. The lowest BCUT2D eigenvalue weighted by molar-refractivity contribution is -0.137. The third-order valence-electron chi connectivity index (χ3n) is 3.55. The van der Waals surface area contributed by atoms with Gasteiger partial charge in [0.2, 0.25) is 5.91 Å². The first-order chi connectivity index (χ1) is 9.90. The van der Waals surface area contributed by atoms with Gasteiger partial charge >= 0.3 is 0 Å². The predicted octanol–water partition coefficient (Wildman–Crippen LogP) is 2.42. The van der Waals surface area contributed by atoms with Crippen molar-refractivity contribution >= 4 is 50.5 Å². The van der Waals surface area contributed by atoms with Crippen molar-refractivity contribution < 1.29 is 9.59 Å². The molecule has 2 amide bonds. The summed E-state index contributed by atoms with van der Waals surface area (Å²) in [6, 6.07) is 1.18. The number of pyridine rings is 1. The molecule has 0 bridgehead atoms. The van der Waals surface area contributed by atoms with Crippen molar-refractivity contribution in [1.29, 1.82) is 0 Å². The second-order valence-corrected chi connectivity index (χ2v) is 6.53. The van der Waals surface area contributed by atoms with Crippen LogP contribution in [-0.4, -0.2) is 38.3 Å². The van der Waals surface area contributed by atoms with Gasteiger partial charge in [-0.05, 0) is 28.9 Å². The molecule has 1 aliphatic rings. The quantitative estimate of drug-likeness (QED) is 0.600. The molecule has 0 radical (unpaired) electrons. The van der Waals surface area contributed by atoms with E-state index in [1.807, 2.05) is 6.07 Å². The van der Waals surface area contributed by atoms with Gasteiger partial charge in [-0.15, -0.1) is 11.6 Å². The molecule has 3 rings (SSSR count). The molecule has 2 aromatic heterocycles. The van der Waals surface area contributed by atoms with Crippen LogP contribution in [0.3, 0.4) is 0 Å². The van der Waals surface area contributed by atoms with Crippen molar-refractivity contribution in [3.05, 3.63) is 22.6 Å². The Morgan fingerprint density at radius 2 is 2.19 bits per heavy atom. The van der Waals surface area contributed by atoms with Gasteiger partial charge in [0.1, 0.15) is 17.4 Å². The van der Waals surface area contributed by atoms with Crippen LogP contribution in [0.1, 0.15) is 30.6 Å². The average molecular weight is 372 g/mol. The molecule has 1 saturated heterocycles. The van der Waals surface area contributed by atoms with Crippen molar-refractivity contribution in [2.24, 2.45) is 0 Å². The number of likely N-dealkylation sites (tertiary alicyclic amines) is 1. The van der Waals surface area contributed by atoms with Gasteiger partial charge in [0.15, 0.2) is 5.65 Å². The summed E-state index contributed by atoms with van der Waals surface area (Å²) in [6.45, 7) is 1.78. The van der Waals surface area contributed by atoms with Crippen molar-refractivity contribution in [1.82, 2.24) is 19.4 Å². The number of aromatic nitrogens is 3. The van der Waals surface area contributed by atoms with E-state index < -0.39 is 11.4 Å². The Morgan fingerprint density at radius 1 is 1.48 bits per heavy atom. The second-order valence-electron chi connectivity index (χ2n) is 4.96. The van der Waals surface area contributed by atoms with Crippen LogP contribution in [0.15, 0.2) is 16.7 Å². The Balaban J connectivity index is 2.23. The number of rotatable bonds is 2. The van der Waals surface area contributed by atoms with Crippen molar-refractivity contribution in [2.75, 3.05) is 7.05 Å². The molecule has 8 heteroatoms. The van der Waals surface area contributed by atoms with E-state index >= 15 is 0 Å². The number of nitrogens with zero attached hydrogens (tertiary/aromatic N) is 4. The summed E-state index contributed by atoms with van der Waals surface area (Å²) in [4.78, 5) is 34.0. The zero-order chi connectivity index (χ0) is 15.3. The van der Waals surface area contributed by atoms with Gasteiger partial charge in [-0.1, -0.05) is 0 Å². The van der Waals surface area contributed by atoms with Crippen LogP contribution in [0.5, 0.6) is 0 Å². The number of hydrogen-bond donors (Lipinski definition) is 0. The lowest BCUT2D eigenvalue weighted by Gasteiger charge is -2.15. The lowest BCUT2D eigenvalue weighted by Crippen LogP contribution is -2.27. The number of amides is 2. The van der Waals surface area contributed by atoms with Crippen LogP contribution in [-0.2, 0) is 9.59 Å². The fourth-order valence-electron chi connectivity index (χ4n) is 2.50. The van der Waals surface area contributed by atoms with Crippen LogP contribution in [0.25, 0.3) is 11.2 Å². The van der Waals surface area contributed by atoms with E-state index in [-0.39, 0.29) is 18.2 Å². The normalized spacial score (nSPS) is 20.6. The van der Waals surface area contributed by atoms with Gasteiger partial charge in [-0.2, -0.15) is 0 Å². The highest BCUT2D eigenvalue weighted by atomic mass is 79.9. The molecule has 3 heterocycles. The molecule has 6 nitrogen and oxygen atoms in total. The van der Waals surface area contributed by atoms with Crippen LogP contribution in [0, 0.1) is 0 Å². The second kappa shape index (κ2) is 5.06. The Kier molecular flexibility index (Phi) is 3.49. The molecule has 1 aliphatic heterocycles. The lowest BCUT2D eigenvalue weighted by atomic mass is 10.2. The molecular formula is C13H12BrClN4O2. The standard InChI is InChI=1S/C13H12BrClN4O2/c1-6(15)11-17-8-3-7(14)5-16-12(8)19(11)9-4-10(20)18(2)13(9)21/h3,5-6,9H,4H2,1-2H3. The highest BCUT2D eigenvalue weighted by Gasteiger charge is 2.39. The first kappa shape index (κ1) is 14.5. The van der Waals surface area contributed by atoms with Crippen LogP contribution < -0.4 is 0 Å². The van der Waals surface area contributed by atoms with Gasteiger partial charge in [0, 0.05) is 17.7 Å². The van der Waals surface area contributed by atoms with E-state index in [0.717, 1.165) is 9.37 Å². The predicted molar refractivity (Wildman–Crippen MR) is 80.9 cm³/mol. The number of fused-ring (bicyclic) bond motifs is 1. The summed E-state index contributed by atoms with van der Waals surface area (Å²) < 4.78 is 2.47. The monoisotopic (exact) mass is 370 g/mol. The number of imidazole rings is 1. The summed E-state index contributed by atoms with van der Waals surface area (Å²) in [5, 5.41) is -0.396. The molecule has 21 heavy (non-hydrogen) atoms. The number of alkyl halides is 1. The highest BCUT2D eigenvalue weighted by Crippen LogP contribution is 2.33. The zero-order valence-corrected chi connectivity index (χ0v) is 13.7. The van der Waals surface area contributed by atoms with Crippen LogP contribution in [0.2, 0.25) is 0 Å². The molecule has 0 spiro atoms. The minimum Gasteiger partial charge on any atom is -0.298 e. The summed E-state index contributed by atoms with van der Waals surface area (Å²) in [5.41, 5.74) is 1.20. The molecule has 0 aliphatic carbocycles. The van der Waals surface area contributed by atoms with E-state index in [4.69, 9.17) is 11.6 Å². The van der Waals surface area contributed by atoms with E-state index in [2.05, 4.69) is 25.9 Å². The van der Waals surface area contributed by atoms with Gasteiger partial charge in [0.05, 0.1) is 11.8 Å². The van der Waals surface area contributed by atoms with Crippen LogP contribution >= 0.6 is 27.5 Å². The largest absolute Gasteiger partial charge is 0.298 e. The Labute approximate surface area is 134 Å². The Hall–Kier alpha value is -1.47. The van der Waals surface area contributed by atoms with Crippen molar-refractivity contribution in [3.63, 3.8) is 0 Å². The zero-order valence-electron chi connectivity index (χ0n) is 11.4. The van der Waals surface area contributed by atoms with Gasteiger partial charge in [0.25, 0.3) is 5.91 Å². The minimum absolute atomic E-state index is 0.106. The number of likely N-dealkylation sites (N-methyl/N-ethyl adjacent to an activating group) is 1. The molecule has 0 saturated carbocycles. The highest BCUT2D eigenvalue weighted by molar-refractivity contribution is 9.10. The van der Waals surface area contributed by atoms with E-state index in [1.165, 1.54) is 7.05 Å². The maximum Gasteiger partial charge on any atom is 0.252 e. The van der Waals surface area contributed by atoms with Gasteiger partial charge < -0.3 is 0 Å². The molecule has 110 valence electrons. The van der Waals surface area contributed by atoms with Gasteiger partial charge in [-0.3, -0.25) is 19.1 Å². The molecule has 2 aromatic rings. The van der Waals surface area contributed by atoms with Gasteiger partial charge in [-0.25, -0.2) is 9.97 Å². The van der Waals surface area contributed by atoms with Crippen molar-refractivity contribution in [2.45, 2.75) is 24.8 Å². The topological polar surface area (TPSA) is 68.1 Å². The first-order valence-corrected chi connectivity index (χ1v) is 7.61. The average Bonchev–Trinajstić information content (AvgIpc) is 2.91. The molecular weight excluding hydrogens is 360 g/mol. The van der Waals surface area contributed by atoms with Crippen LogP contribution in [0.4, 0.5) is 0 Å². The van der Waals surface area contributed by atoms with E-state index in [1.54, 1.807) is 17.7 Å². The fourth-order valence-corrected chi connectivity index (χ4v) is 2.97. The SMILES string of the molecule is CC(Cl)c1nc2cc(Br)cnc2n1C1CC(=O)N(C)C1=O. The number of imide groups is 1. The third kappa shape index (κ3) is 2.24. The van der Waals surface area contributed by atoms with E-state index in [9.17, 15) is 9.59 Å². The summed E-state index contributed by atoms with van der Waals surface area (Å²) in [6.07, 6.45) is 1.74. The maximum absolute atomic E-state index is 12.3. The Bertz CT molecular complexity index is 758. The van der Waals surface area contributed by atoms with E-state index in [0.29, 0.717) is 17.0 Å². The summed E-state index contributed by atoms with van der Waals surface area (Å²) >= 11 is 9.53. The molecule has 0 N–H and O–H groups in total.